The number of carboxylic acid groups (broad SMARTS) is 1. The van der Waals surface area contributed by atoms with Crippen molar-refractivity contribution in [3.63, 3.8) is 0 Å². The zero-order chi connectivity index (χ0) is 20.5. The first-order chi connectivity index (χ1) is 14.7. The van der Waals surface area contributed by atoms with Gasteiger partial charge in [-0.1, -0.05) is 43.9 Å². The number of carboxylic acids is 1. The van der Waals surface area contributed by atoms with Gasteiger partial charge in [0.1, 0.15) is 0 Å². The summed E-state index contributed by atoms with van der Waals surface area (Å²) in [6.45, 7) is 0. The minimum atomic E-state index is -0.898. The number of nitrogens with one attached hydrogen (secondary N) is 1. The molecule has 4 nitrogen and oxygen atoms in total. The molecule has 2 saturated carbocycles. The molecule has 2 N–H and O–H groups in total. The fraction of sp³-hybridized carbons (Fsp3) is 0.654. The lowest BCUT2D eigenvalue weighted by Crippen LogP contribution is -2.60. The SMILES string of the molecule is O=C(O)/C=C/c1ccccc1N[C@H]1C[C@H]2CCC[C@@H](C1)N2[C@H]1C[C@@H]2CCC[C@@H](C2)C1. The van der Waals surface area contributed by atoms with Crippen LogP contribution in [0.15, 0.2) is 30.3 Å². The Morgan fingerprint density at radius 1 is 0.900 bits per heavy atom. The van der Waals surface area contributed by atoms with Gasteiger partial charge >= 0.3 is 5.97 Å². The summed E-state index contributed by atoms with van der Waals surface area (Å²) in [5, 5.41) is 12.8. The maximum Gasteiger partial charge on any atom is 0.328 e. The van der Waals surface area contributed by atoms with E-state index in [1.54, 1.807) is 6.08 Å². The molecule has 6 atom stereocenters. The number of piperidine rings is 2. The van der Waals surface area contributed by atoms with Crippen molar-refractivity contribution < 1.29 is 9.90 Å². The van der Waals surface area contributed by atoms with Crippen LogP contribution in [-0.2, 0) is 4.79 Å². The average Bonchev–Trinajstić information content (AvgIpc) is 2.72. The number of para-hydroxylation sites is 1. The molecular formula is C26H36N2O2. The molecule has 5 rings (SSSR count). The van der Waals surface area contributed by atoms with Crippen LogP contribution >= 0.6 is 0 Å². The van der Waals surface area contributed by atoms with Gasteiger partial charge in [-0.25, -0.2) is 4.79 Å². The maximum absolute atomic E-state index is 11.0. The van der Waals surface area contributed by atoms with E-state index in [1.807, 2.05) is 18.2 Å². The number of aliphatic carboxylic acids is 1. The normalized spacial score (nSPS) is 36.5. The van der Waals surface area contributed by atoms with Crippen LogP contribution < -0.4 is 5.32 Å². The third-order valence-electron chi connectivity index (χ3n) is 8.28. The van der Waals surface area contributed by atoms with Crippen LogP contribution in [0.2, 0.25) is 0 Å². The first-order valence-electron chi connectivity index (χ1n) is 12.2. The lowest BCUT2D eigenvalue weighted by atomic mass is 9.68. The van der Waals surface area contributed by atoms with Gasteiger partial charge in [0.15, 0.2) is 0 Å². The molecule has 2 aliphatic carbocycles. The predicted molar refractivity (Wildman–Crippen MR) is 121 cm³/mol. The summed E-state index contributed by atoms with van der Waals surface area (Å²) in [6.07, 6.45) is 18.3. The minimum Gasteiger partial charge on any atom is -0.478 e. The zero-order valence-electron chi connectivity index (χ0n) is 18.0. The first kappa shape index (κ1) is 20.1. The van der Waals surface area contributed by atoms with Gasteiger partial charge in [0, 0.05) is 35.9 Å². The second-order valence-electron chi connectivity index (χ2n) is 10.3. The molecule has 4 fully saturated rings. The molecule has 2 saturated heterocycles. The smallest absolute Gasteiger partial charge is 0.328 e. The lowest BCUT2D eigenvalue weighted by Gasteiger charge is -2.55. The largest absolute Gasteiger partial charge is 0.478 e. The molecule has 2 heterocycles. The molecule has 0 aromatic heterocycles. The van der Waals surface area contributed by atoms with Crippen LogP contribution in [0, 0.1) is 11.8 Å². The highest BCUT2D eigenvalue weighted by Gasteiger charge is 2.44. The third kappa shape index (κ3) is 4.30. The Labute approximate surface area is 180 Å². The van der Waals surface area contributed by atoms with Crippen LogP contribution in [0.1, 0.15) is 76.2 Å². The Bertz CT molecular complexity index is 765. The van der Waals surface area contributed by atoms with Crippen molar-refractivity contribution in [2.24, 2.45) is 11.8 Å². The number of rotatable bonds is 5. The van der Waals surface area contributed by atoms with E-state index in [0.29, 0.717) is 6.04 Å². The van der Waals surface area contributed by atoms with Gasteiger partial charge in [0.25, 0.3) is 0 Å². The number of nitrogens with zero attached hydrogens (tertiary/aromatic N) is 1. The van der Waals surface area contributed by atoms with E-state index in [1.165, 1.54) is 76.7 Å². The van der Waals surface area contributed by atoms with Crippen LogP contribution in [-0.4, -0.2) is 40.1 Å². The van der Waals surface area contributed by atoms with Gasteiger partial charge in [-0.2, -0.15) is 0 Å². The molecule has 1 aromatic carbocycles. The van der Waals surface area contributed by atoms with Crippen LogP contribution in [0.3, 0.4) is 0 Å². The van der Waals surface area contributed by atoms with Crippen LogP contribution in [0.4, 0.5) is 5.69 Å². The monoisotopic (exact) mass is 408 g/mol. The van der Waals surface area contributed by atoms with E-state index >= 15 is 0 Å². The van der Waals surface area contributed by atoms with Crippen molar-refractivity contribution in [2.75, 3.05) is 5.32 Å². The summed E-state index contributed by atoms with van der Waals surface area (Å²) in [6, 6.07) is 10.9. The number of fused-ring (bicyclic) bond motifs is 4. The van der Waals surface area contributed by atoms with Crippen LogP contribution in [0.25, 0.3) is 6.08 Å². The maximum atomic E-state index is 11.0. The Hall–Kier alpha value is -1.81. The molecule has 4 aliphatic rings. The van der Waals surface area contributed by atoms with Crippen molar-refractivity contribution in [1.29, 1.82) is 0 Å². The predicted octanol–water partition coefficient (Wildman–Crippen LogP) is 5.55. The number of benzene rings is 1. The highest BCUT2D eigenvalue weighted by molar-refractivity contribution is 5.86. The van der Waals surface area contributed by atoms with Gasteiger partial charge in [-0.3, -0.25) is 4.90 Å². The Balaban J connectivity index is 1.28. The molecule has 30 heavy (non-hydrogen) atoms. The fourth-order valence-electron chi connectivity index (χ4n) is 7.23. The van der Waals surface area contributed by atoms with Gasteiger partial charge in [-0.05, 0) is 74.5 Å². The fourth-order valence-corrected chi connectivity index (χ4v) is 7.23. The van der Waals surface area contributed by atoms with Crippen LogP contribution in [0.5, 0.6) is 0 Å². The average molecular weight is 409 g/mol. The van der Waals surface area contributed by atoms with E-state index < -0.39 is 5.97 Å². The van der Waals surface area contributed by atoms with Gasteiger partial charge in [0.2, 0.25) is 0 Å². The summed E-state index contributed by atoms with van der Waals surface area (Å²) < 4.78 is 0. The summed E-state index contributed by atoms with van der Waals surface area (Å²) in [5.74, 6) is 1.09. The molecule has 2 aliphatic heterocycles. The molecule has 0 radical (unpaired) electrons. The zero-order valence-corrected chi connectivity index (χ0v) is 18.0. The summed E-state index contributed by atoms with van der Waals surface area (Å²) >= 11 is 0. The highest BCUT2D eigenvalue weighted by Crippen LogP contribution is 2.46. The Morgan fingerprint density at radius 2 is 1.57 bits per heavy atom. The minimum absolute atomic E-state index is 0.485. The van der Waals surface area contributed by atoms with E-state index in [-0.39, 0.29) is 0 Å². The van der Waals surface area contributed by atoms with Crippen molar-refractivity contribution in [3.8, 4) is 0 Å². The van der Waals surface area contributed by atoms with E-state index in [4.69, 9.17) is 5.11 Å². The molecule has 4 bridgehead atoms. The molecule has 0 amide bonds. The number of hydrogen-bond acceptors (Lipinski definition) is 3. The van der Waals surface area contributed by atoms with Gasteiger partial charge in [-0.15, -0.1) is 0 Å². The Morgan fingerprint density at radius 3 is 2.27 bits per heavy atom. The summed E-state index contributed by atoms with van der Waals surface area (Å²) in [5.41, 5.74) is 2.03. The lowest BCUT2D eigenvalue weighted by molar-refractivity contribution is -0.131. The van der Waals surface area contributed by atoms with E-state index in [9.17, 15) is 4.79 Å². The number of hydrogen-bond donors (Lipinski definition) is 2. The molecule has 1 aromatic rings. The van der Waals surface area contributed by atoms with Gasteiger partial charge in [0.05, 0.1) is 0 Å². The van der Waals surface area contributed by atoms with Crippen molar-refractivity contribution in [3.05, 3.63) is 35.9 Å². The third-order valence-corrected chi connectivity index (χ3v) is 8.28. The van der Waals surface area contributed by atoms with Crippen molar-refractivity contribution in [1.82, 2.24) is 4.90 Å². The van der Waals surface area contributed by atoms with E-state index in [2.05, 4.69) is 16.3 Å². The van der Waals surface area contributed by atoms with Crippen molar-refractivity contribution >= 4 is 17.7 Å². The second kappa shape index (κ2) is 8.74. The molecule has 162 valence electrons. The molecular weight excluding hydrogens is 372 g/mol. The van der Waals surface area contributed by atoms with Gasteiger partial charge < -0.3 is 10.4 Å². The standard InChI is InChI=1S/C26H36N2O2/c29-26(30)12-11-20-7-1-2-10-25(20)27-21-16-22-8-4-9-23(17-21)28(22)24-14-18-5-3-6-19(13-18)15-24/h1-2,7,10-12,18-19,21-24,27H,3-6,8-9,13-17H2,(H,29,30)/b12-11+/t18-,19+,21-,22+,23-,24+. The Kier molecular flexibility index (Phi) is 5.86. The molecule has 4 heteroatoms. The van der Waals surface area contributed by atoms with Crippen molar-refractivity contribution in [2.45, 2.75) is 94.8 Å². The first-order valence-corrected chi connectivity index (χ1v) is 12.2. The molecule has 0 unspecified atom stereocenters. The molecule has 0 spiro atoms. The summed E-state index contributed by atoms with van der Waals surface area (Å²) in [7, 11) is 0. The summed E-state index contributed by atoms with van der Waals surface area (Å²) in [4.78, 5) is 13.9. The quantitative estimate of drug-likeness (QED) is 0.627. The van der Waals surface area contributed by atoms with E-state index in [0.717, 1.165) is 41.2 Å². The second-order valence-corrected chi connectivity index (χ2v) is 10.3. The number of anilines is 1. The highest BCUT2D eigenvalue weighted by atomic mass is 16.4. The topological polar surface area (TPSA) is 52.6 Å². The number of carbonyl (C=O) groups is 1.